The van der Waals surface area contributed by atoms with Gasteiger partial charge in [0.2, 0.25) is 0 Å². The molecule has 0 amide bonds. The van der Waals surface area contributed by atoms with Crippen LogP contribution in [-0.2, 0) is 6.42 Å². The zero-order chi connectivity index (χ0) is 14.8. The summed E-state index contributed by atoms with van der Waals surface area (Å²) in [6.07, 6.45) is 4.69. The van der Waals surface area contributed by atoms with E-state index in [1.165, 1.54) is 30.4 Å². The van der Waals surface area contributed by atoms with Gasteiger partial charge in [-0.15, -0.1) is 0 Å². The number of nitrogens with two attached hydrogens (primary N) is 1. The lowest BCUT2D eigenvalue weighted by Gasteiger charge is -2.29. The van der Waals surface area contributed by atoms with Gasteiger partial charge >= 0.3 is 0 Å². The van der Waals surface area contributed by atoms with Gasteiger partial charge < -0.3 is 5.73 Å². The van der Waals surface area contributed by atoms with Crippen LogP contribution in [0.15, 0.2) is 42.5 Å². The van der Waals surface area contributed by atoms with Gasteiger partial charge in [0.05, 0.1) is 10.0 Å². The Morgan fingerprint density at radius 1 is 1.05 bits per heavy atom. The van der Waals surface area contributed by atoms with Crippen molar-refractivity contribution in [2.24, 2.45) is 5.73 Å². The van der Waals surface area contributed by atoms with Gasteiger partial charge in [-0.05, 0) is 54.0 Å². The Bertz CT molecular complexity index is 635. The van der Waals surface area contributed by atoms with Crippen molar-refractivity contribution in [3.05, 3.63) is 69.2 Å². The summed E-state index contributed by atoms with van der Waals surface area (Å²) in [5.41, 5.74) is 10.3. The van der Waals surface area contributed by atoms with Crippen molar-refractivity contribution < 1.29 is 0 Å². The molecule has 0 heterocycles. The molecule has 21 heavy (non-hydrogen) atoms. The van der Waals surface area contributed by atoms with E-state index in [2.05, 4.69) is 24.3 Å². The average Bonchev–Trinajstić information content (AvgIpc) is 2.42. The Morgan fingerprint density at radius 3 is 2.48 bits per heavy atom. The highest BCUT2D eigenvalue weighted by atomic mass is 35.5. The van der Waals surface area contributed by atoms with Crippen molar-refractivity contribution >= 4 is 23.2 Å². The van der Waals surface area contributed by atoms with E-state index in [4.69, 9.17) is 28.9 Å². The number of hydrogen-bond acceptors (Lipinski definition) is 1. The molecule has 0 radical (unpaired) electrons. The lowest BCUT2D eigenvalue weighted by Crippen LogP contribution is -2.19. The van der Waals surface area contributed by atoms with Crippen molar-refractivity contribution in [3.8, 4) is 0 Å². The van der Waals surface area contributed by atoms with Crippen molar-refractivity contribution in [3.63, 3.8) is 0 Å². The highest BCUT2D eigenvalue weighted by Gasteiger charge is 2.23. The normalized spacial score (nSPS) is 16.5. The molecule has 1 saturated carbocycles. The molecular weight excluding hydrogens is 301 g/mol. The third-order valence-corrected chi connectivity index (χ3v) is 5.12. The quantitative estimate of drug-likeness (QED) is 0.790. The van der Waals surface area contributed by atoms with Gasteiger partial charge in [0.15, 0.2) is 0 Å². The van der Waals surface area contributed by atoms with Crippen LogP contribution in [0.5, 0.6) is 0 Å². The summed E-state index contributed by atoms with van der Waals surface area (Å²) in [7, 11) is 0. The molecule has 2 N–H and O–H groups in total. The van der Waals surface area contributed by atoms with Crippen molar-refractivity contribution in [1.82, 2.24) is 0 Å². The maximum absolute atomic E-state index is 6.46. The fourth-order valence-electron chi connectivity index (χ4n) is 2.97. The van der Waals surface area contributed by atoms with Gasteiger partial charge in [-0.25, -0.2) is 0 Å². The van der Waals surface area contributed by atoms with Gasteiger partial charge in [0.25, 0.3) is 0 Å². The highest BCUT2D eigenvalue weighted by Crippen LogP contribution is 2.39. The Labute approximate surface area is 136 Å². The van der Waals surface area contributed by atoms with E-state index >= 15 is 0 Å². The minimum absolute atomic E-state index is 0.000887. The number of hydrogen-bond donors (Lipinski definition) is 1. The lowest BCUT2D eigenvalue weighted by atomic mass is 9.77. The summed E-state index contributed by atoms with van der Waals surface area (Å²) >= 11 is 12.0. The Hall–Kier alpha value is -1.02. The van der Waals surface area contributed by atoms with E-state index < -0.39 is 0 Å². The van der Waals surface area contributed by atoms with E-state index in [-0.39, 0.29) is 6.04 Å². The molecule has 1 aliphatic carbocycles. The van der Waals surface area contributed by atoms with Crippen LogP contribution in [0.4, 0.5) is 0 Å². The Balaban J connectivity index is 1.81. The molecule has 0 aromatic heterocycles. The molecule has 1 aliphatic rings. The summed E-state index contributed by atoms with van der Waals surface area (Å²) < 4.78 is 0. The second-order valence-corrected chi connectivity index (χ2v) is 6.63. The molecule has 1 atom stereocenters. The van der Waals surface area contributed by atoms with Gasteiger partial charge in [-0.1, -0.05) is 60.0 Å². The van der Waals surface area contributed by atoms with Crippen LogP contribution in [0.2, 0.25) is 10.0 Å². The largest absolute Gasteiger partial charge is 0.324 e. The van der Waals surface area contributed by atoms with Crippen molar-refractivity contribution in [2.45, 2.75) is 37.6 Å². The zero-order valence-electron chi connectivity index (χ0n) is 11.9. The molecule has 2 aromatic rings. The van der Waals surface area contributed by atoms with Crippen LogP contribution < -0.4 is 5.73 Å². The van der Waals surface area contributed by atoms with Crippen LogP contribution in [-0.4, -0.2) is 0 Å². The van der Waals surface area contributed by atoms with Crippen LogP contribution in [0.3, 0.4) is 0 Å². The second kappa shape index (κ2) is 6.39. The molecule has 2 aromatic carbocycles. The number of halogens is 2. The first-order valence-electron chi connectivity index (χ1n) is 7.43. The molecule has 3 rings (SSSR count). The first kappa shape index (κ1) is 14.9. The molecule has 3 heteroatoms. The average molecular weight is 320 g/mol. The highest BCUT2D eigenvalue weighted by molar-refractivity contribution is 6.42. The summed E-state index contributed by atoms with van der Waals surface area (Å²) in [5, 5.41) is 1.18. The summed E-state index contributed by atoms with van der Waals surface area (Å²) in [5.74, 6) is 0.695. The smallest absolute Gasteiger partial charge is 0.0595 e. The van der Waals surface area contributed by atoms with Gasteiger partial charge in [-0.3, -0.25) is 0 Å². The Morgan fingerprint density at radius 2 is 1.81 bits per heavy atom. The van der Waals surface area contributed by atoms with E-state index in [0.717, 1.165) is 12.0 Å². The third kappa shape index (κ3) is 3.26. The standard InChI is InChI=1S/C18H19Cl2N/c19-16-9-8-12(10-17(16)20)11-18(21)15-7-2-1-6-14(15)13-4-3-5-13/h1-2,6-10,13,18H,3-5,11,21H2. The molecule has 0 bridgehead atoms. The molecule has 1 fully saturated rings. The predicted octanol–water partition coefficient (Wildman–Crippen LogP) is 5.50. The minimum atomic E-state index is -0.000887. The zero-order valence-corrected chi connectivity index (χ0v) is 13.4. The van der Waals surface area contributed by atoms with Gasteiger partial charge in [0.1, 0.15) is 0 Å². The van der Waals surface area contributed by atoms with Crippen molar-refractivity contribution in [2.75, 3.05) is 0 Å². The van der Waals surface area contributed by atoms with Crippen LogP contribution in [0.25, 0.3) is 0 Å². The summed E-state index contributed by atoms with van der Waals surface area (Å²) in [6.45, 7) is 0. The summed E-state index contributed by atoms with van der Waals surface area (Å²) in [6, 6.07) is 14.3. The lowest BCUT2D eigenvalue weighted by molar-refractivity contribution is 0.415. The molecule has 0 aliphatic heterocycles. The maximum atomic E-state index is 6.46. The van der Waals surface area contributed by atoms with Crippen LogP contribution >= 0.6 is 23.2 Å². The van der Waals surface area contributed by atoms with E-state index in [1.807, 2.05) is 18.2 Å². The first-order chi connectivity index (χ1) is 10.1. The third-order valence-electron chi connectivity index (χ3n) is 4.38. The first-order valence-corrected chi connectivity index (χ1v) is 8.19. The monoisotopic (exact) mass is 319 g/mol. The Kier molecular flexibility index (Phi) is 4.54. The molecule has 1 unspecified atom stereocenters. The molecule has 1 nitrogen and oxygen atoms in total. The van der Waals surface area contributed by atoms with Crippen LogP contribution in [0.1, 0.15) is 47.9 Å². The topological polar surface area (TPSA) is 26.0 Å². The molecule has 110 valence electrons. The predicted molar refractivity (Wildman–Crippen MR) is 90.1 cm³/mol. The fraction of sp³-hybridized carbons (Fsp3) is 0.333. The molecular formula is C18H19Cl2N. The minimum Gasteiger partial charge on any atom is -0.324 e. The molecule has 0 saturated heterocycles. The maximum Gasteiger partial charge on any atom is 0.0595 e. The van der Waals surface area contributed by atoms with E-state index in [0.29, 0.717) is 16.0 Å². The van der Waals surface area contributed by atoms with Gasteiger partial charge in [0, 0.05) is 6.04 Å². The number of benzene rings is 2. The van der Waals surface area contributed by atoms with E-state index in [1.54, 1.807) is 0 Å². The van der Waals surface area contributed by atoms with Crippen LogP contribution in [0, 0.1) is 0 Å². The number of rotatable bonds is 4. The second-order valence-electron chi connectivity index (χ2n) is 5.82. The fourth-order valence-corrected chi connectivity index (χ4v) is 3.29. The van der Waals surface area contributed by atoms with Gasteiger partial charge in [-0.2, -0.15) is 0 Å². The molecule has 0 spiro atoms. The van der Waals surface area contributed by atoms with E-state index in [9.17, 15) is 0 Å². The van der Waals surface area contributed by atoms with Crippen molar-refractivity contribution in [1.29, 1.82) is 0 Å². The summed E-state index contributed by atoms with van der Waals surface area (Å²) in [4.78, 5) is 0. The SMILES string of the molecule is NC(Cc1ccc(Cl)c(Cl)c1)c1ccccc1C1CCC1.